The van der Waals surface area contributed by atoms with Crippen molar-refractivity contribution in [2.75, 3.05) is 0 Å². The zero-order valence-electron chi connectivity index (χ0n) is 21.6. The maximum absolute atomic E-state index is 12.7. The van der Waals surface area contributed by atoms with E-state index in [2.05, 4.69) is 67.2 Å². The van der Waals surface area contributed by atoms with Gasteiger partial charge in [0.15, 0.2) is 0 Å². The van der Waals surface area contributed by atoms with Gasteiger partial charge in [0.2, 0.25) is 0 Å². The minimum absolute atomic E-state index is 0.142. The average molecular weight is 425 g/mol. The lowest BCUT2D eigenvalue weighted by molar-refractivity contribution is -0.157. The zero-order valence-corrected chi connectivity index (χ0v) is 21.6. The molecule has 5 unspecified atom stereocenters. The number of ketones is 1. The van der Waals surface area contributed by atoms with Crippen LogP contribution in [-0.2, 0) is 4.79 Å². The van der Waals surface area contributed by atoms with E-state index in [-0.39, 0.29) is 5.41 Å². The van der Waals surface area contributed by atoms with E-state index in [4.69, 9.17) is 0 Å². The fourth-order valence-electron chi connectivity index (χ4n) is 8.17. The zero-order chi connectivity index (χ0) is 23.0. The lowest BCUT2D eigenvalue weighted by Crippen LogP contribution is -2.57. The van der Waals surface area contributed by atoms with Crippen molar-refractivity contribution in [3.63, 3.8) is 0 Å². The van der Waals surface area contributed by atoms with Gasteiger partial charge in [-0.1, -0.05) is 63.1 Å². The van der Waals surface area contributed by atoms with Crippen molar-refractivity contribution in [3.05, 3.63) is 35.5 Å². The van der Waals surface area contributed by atoms with E-state index in [9.17, 15) is 4.79 Å². The van der Waals surface area contributed by atoms with E-state index in [1.807, 2.05) is 0 Å². The van der Waals surface area contributed by atoms with E-state index in [1.54, 1.807) is 0 Å². The molecule has 1 nitrogen and oxygen atoms in total. The maximum Gasteiger partial charge on any atom is 0.138 e. The summed E-state index contributed by atoms with van der Waals surface area (Å²) in [5.74, 6) is 2.46. The highest BCUT2D eigenvalue weighted by molar-refractivity contribution is 5.85. The predicted octanol–water partition coefficient (Wildman–Crippen LogP) is 8.85. The van der Waals surface area contributed by atoms with Crippen LogP contribution in [0.2, 0.25) is 0 Å². The van der Waals surface area contributed by atoms with Gasteiger partial charge in [-0.15, -0.1) is 0 Å². The van der Waals surface area contributed by atoms with Crippen LogP contribution >= 0.6 is 0 Å². The molecule has 0 aromatic heterocycles. The van der Waals surface area contributed by atoms with Gasteiger partial charge in [0, 0.05) is 11.8 Å². The first-order valence-electron chi connectivity index (χ1n) is 12.9. The molecule has 0 aromatic carbocycles. The molecule has 0 N–H and O–H groups in total. The fraction of sp³-hybridized carbons (Fsp3) is 0.767. The van der Waals surface area contributed by atoms with Crippen LogP contribution in [0.1, 0.15) is 113 Å². The van der Waals surface area contributed by atoms with Crippen LogP contribution in [0.4, 0.5) is 0 Å². The summed E-state index contributed by atoms with van der Waals surface area (Å²) in [5.41, 5.74) is 4.98. The van der Waals surface area contributed by atoms with Gasteiger partial charge in [0.1, 0.15) is 5.78 Å². The van der Waals surface area contributed by atoms with Crippen LogP contribution in [0.25, 0.3) is 0 Å². The summed E-state index contributed by atoms with van der Waals surface area (Å²) in [4.78, 5) is 12.7. The highest BCUT2D eigenvalue weighted by atomic mass is 16.1. The number of hydrogen-bond acceptors (Lipinski definition) is 1. The molecule has 0 spiro atoms. The molecule has 3 rings (SSSR count). The highest BCUT2D eigenvalue weighted by Gasteiger charge is 2.63. The van der Waals surface area contributed by atoms with Crippen LogP contribution < -0.4 is 0 Å². The molecule has 1 heteroatoms. The maximum atomic E-state index is 12.7. The predicted molar refractivity (Wildman–Crippen MR) is 134 cm³/mol. The molecule has 174 valence electrons. The number of carbonyl (C=O) groups is 1. The SMILES string of the molecule is C=C(CCC=C(C)CCC=C(C)C)C1CCC2C1(C)CCC1C(C)(C)C(=O)CCC12C. The van der Waals surface area contributed by atoms with Gasteiger partial charge in [-0.2, -0.15) is 0 Å². The number of rotatable bonds is 7. The third kappa shape index (κ3) is 4.53. The minimum Gasteiger partial charge on any atom is -0.299 e. The largest absolute Gasteiger partial charge is 0.299 e. The average Bonchev–Trinajstić information content (AvgIpc) is 3.03. The molecule has 3 fully saturated rings. The van der Waals surface area contributed by atoms with E-state index in [0.29, 0.717) is 28.4 Å². The topological polar surface area (TPSA) is 17.1 Å². The number of carbonyl (C=O) groups excluding carboxylic acids is 1. The molecule has 3 aliphatic rings. The van der Waals surface area contributed by atoms with E-state index in [1.165, 1.54) is 48.8 Å². The van der Waals surface area contributed by atoms with Gasteiger partial charge >= 0.3 is 0 Å². The van der Waals surface area contributed by atoms with Gasteiger partial charge in [0.25, 0.3) is 0 Å². The first-order chi connectivity index (χ1) is 14.4. The summed E-state index contributed by atoms with van der Waals surface area (Å²) in [6.07, 6.45) is 16.4. The lowest BCUT2D eigenvalue weighted by Gasteiger charge is -2.61. The standard InChI is InChI=1S/C30H48O/c1-21(2)11-9-12-22(3)13-10-14-23(4)24-15-16-26-29(24,7)19-17-25-28(5,6)27(31)18-20-30(25,26)8/h11,13,24-26H,4,9-10,12,14-20H2,1-3,5-8H3. The Morgan fingerprint density at radius 1 is 0.903 bits per heavy atom. The van der Waals surface area contributed by atoms with Crippen LogP contribution in [0.5, 0.6) is 0 Å². The molecule has 0 aliphatic heterocycles. The summed E-state index contributed by atoms with van der Waals surface area (Å²) in [6, 6.07) is 0. The normalized spacial score (nSPS) is 37.2. The van der Waals surface area contributed by atoms with Crippen molar-refractivity contribution in [1.82, 2.24) is 0 Å². The van der Waals surface area contributed by atoms with E-state index in [0.717, 1.165) is 38.0 Å². The summed E-state index contributed by atoms with van der Waals surface area (Å²) in [6.45, 7) is 20.9. The molecular weight excluding hydrogens is 376 g/mol. The lowest BCUT2D eigenvalue weighted by atomic mass is 9.43. The van der Waals surface area contributed by atoms with Gasteiger partial charge in [-0.05, 0) is 107 Å². The molecule has 3 saturated carbocycles. The molecular formula is C30H48O. The second kappa shape index (κ2) is 9.03. The Hall–Kier alpha value is -1.11. The Kier molecular flexibility index (Phi) is 7.14. The van der Waals surface area contributed by atoms with Crippen LogP contribution in [0.3, 0.4) is 0 Å². The van der Waals surface area contributed by atoms with Crippen molar-refractivity contribution in [2.45, 2.75) is 113 Å². The molecule has 0 radical (unpaired) electrons. The van der Waals surface area contributed by atoms with Crippen LogP contribution in [0, 0.1) is 34.0 Å². The second-order valence-corrected chi connectivity index (χ2v) is 12.5. The summed E-state index contributed by atoms with van der Waals surface area (Å²) < 4.78 is 0. The van der Waals surface area contributed by atoms with Gasteiger partial charge in [-0.25, -0.2) is 0 Å². The summed E-state index contributed by atoms with van der Waals surface area (Å²) in [5, 5.41) is 0. The highest BCUT2D eigenvalue weighted by Crippen LogP contribution is 2.70. The summed E-state index contributed by atoms with van der Waals surface area (Å²) >= 11 is 0. The number of hydrogen-bond donors (Lipinski definition) is 0. The minimum atomic E-state index is -0.142. The molecule has 31 heavy (non-hydrogen) atoms. The van der Waals surface area contributed by atoms with Crippen LogP contribution in [-0.4, -0.2) is 5.78 Å². The molecule has 5 atom stereocenters. The monoisotopic (exact) mass is 424 g/mol. The Morgan fingerprint density at radius 2 is 1.58 bits per heavy atom. The molecule has 0 heterocycles. The van der Waals surface area contributed by atoms with Crippen molar-refractivity contribution >= 4 is 5.78 Å². The van der Waals surface area contributed by atoms with Crippen molar-refractivity contribution in [3.8, 4) is 0 Å². The number of Topliss-reactive ketones (excluding diaryl/α,β-unsaturated/α-hetero) is 1. The first-order valence-corrected chi connectivity index (χ1v) is 12.9. The van der Waals surface area contributed by atoms with Gasteiger partial charge < -0.3 is 0 Å². The number of fused-ring (bicyclic) bond motifs is 3. The molecule has 0 saturated heterocycles. The van der Waals surface area contributed by atoms with E-state index >= 15 is 0 Å². The summed E-state index contributed by atoms with van der Waals surface area (Å²) in [7, 11) is 0. The Bertz CT molecular complexity index is 761. The third-order valence-electron chi connectivity index (χ3n) is 9.92. The van der Waals surface area contributed by atoms with Crippen molar-refractivity contribution in [1.29, 1.82) is 0 Å². The first kappa shape index (κ1) is 24.5. The van der Waals surface area contributed by atoms with E-state index < -0.39 is 0 Å². The molecule has 3 aliphatic carbocycles. The third-order valence-corrected chi connectivity index (χ3v) is 9.92. The smallest absolute Gasteiger partial charge is 0.138 e. The molecule has 0 bridgehead atoms. The molecule has 0 aromatic rings. The Labute approximate surface area is 192 Å². The number of allylic oxidation sites excluding steroid dienone is 5. The second-order valence-electron chi connectivity index (χ2n) is 12.5. The van der Waals surface area contributed by atoms with Gasteiger partial charge in [0.05, 0.1) is 0 Å². The fourth-order valence-corrected chi connectivity index (χ4v) is 8.17. The van der Waals surface area contributed by atoms with Crippen molar-refractivity contribution < 1.29 is 4.79 Å². The molecule has 0 amide bonds. The van der Waals surface area contributed by atoms with Crippen molar-refractivity contribution in [2.24, 2.45) is 34.0 Å². The Balaban J connectivity index is 1.65. The quantitative estimate of drug-likeness (QED) is 0.373. The Morgan fingerprint density at radius 3 is 2.26 bits per heavy atom. The van der Waals surface area contributed by atoms with Gasteiger partial charge in [-0.3, -0.25) is 4.79 Å². The van der Waals surface area contributed by atoms with Crippen LogP contribution in [0.15, 0.2) is 35.5 Å².